The highest BCUT2D eigenvalue weighted by Crippen LogP contribution is 2.07. The Morgan fingerprint density at radius 1 is 1.75 bits per heavy atom. The van der Waals surface area contributed by atoms with Gasteiger partial charge in [0.2, 0.25) is 0 Å². The molecule has 0 radical (unpaired) electrons. The fourth-order valence-electron chi connectivity index (χ4n) is 0.664. The van der Waals surface area contributed by atoms with Gasteiger partial charge in [0.05, 0.1) is 17.2 Å². The van der Waals surface area contributed by atoms with Gasteiger partial charge in [0.25, 0.3) is 10.2 Å². The topological polar surface area (TPSA) is 85.1 Å². The third-order valence-corrected chi connectivity index (χ3v) is 2.49. The number of aromatic nitrogens is 1. The summed E-state index contributed by atoms with van der Waals surface area (Å²) in [6.45, 7) is 2.01. The summed E-state index contributed by atoms with van der Waals surface area (Å²) >= 11 is 1.47. The first kappa shape index (κ1) is 9.59. The minimum Gasteiger partial charge on any atom is -0.245 e. The first-order valence-corrected chi connectivity index (χ1v) is 5.58. The summed E-state index contributed by atoms with van der Waals surface area (Å²) in [4.78, 5) is 4.05. The summed E-state index contributed by atoms with van der Waals surface area (Å²) in [6.07, 6.45) is 0. The largest absolute Gasteiger partial charge is 0.274 e. The summed E-state index contributed by atoms with van der Waals surface area (Å²) in [6, 6.07) is 0. The van der Waals surface area contributed by atoms with E-state index in [4.69, 9.17) is 5.14 Å². The first-order chi connectivity index (χ1) is 5.47. The van der Waals surface area contributed by atoms with Crippen LogP contribution >= 0.6 is 11.3 Å². The minimum atomic E-state index is -3.60. The van der Waals surface area contributed by atoms with Crippen LogP contribution in [0.1, 0.15) is 10.7 Å². The zero-order valence-corrected chi connectivity index (χ0v) is 8.08. The van der Waals surface area contributed by atoms with Crippen LogP contribution in [-0.2, 0) is 16.8 Å². The molecule has 0 atom stereocenters. The molecule has 0 aliphatic rings. The standard InChI is InChI=1S/C5H9N3O2S2/c1-4-8-5(3-11-4)2-7-12(6,9)10/h3,7H,2H2,1H3,(H2,6,9,10). The number of hydrogen-bond acceptors (Lipinski definition) is 4. The molecular formula is C5H9N3O2S2. The molecule has 1 rings (SSSR count). The maximum absolute atomic E-state index is 10.5. The lowest BCUT2D eigenvalue weighted by Crippen LogP contribution is -2.30. The van der Waals surface area contributed by atoms with Gasteiger partial charge in [0.1, 0.15) is 0 Å². The molecule has 0 aliphatic heterocycles. The first-order valence-electron chi connectivity index (χ1n) is 3.16. The third kappa shape index (κ3) is 3.26. The molecule has 3 N–H and O–H groups in total. The monoisotopic (exact) mass is 207 g/mol. The van der Waals surface area contributed by atoms with Crippen molar-refractivity contribution in [1.82, 2.24) is 9.71 Å². The molecule has 0 aliphatic carbocycles. The number of rotatable bonds is 3. The predicted octanol–water partition coefficient (Wildman–Crippen LogP) is -0.255. The number of nitrogens with zero attached hydrogens (tertiary/aromatic N) is 1. The maximum Gasteiger partial charge on any atom is 0.274 e. The van der Waals surface area contributed by atoms with Gasteiger partial charge in [-0.05, 0) is 6.92 Å². The van der Waals surface area contributed by atoms with Gasteiger partial charge in [-0.25, -0.2) is 10.1 Å². The number of nitrogens with two attached hydrogens (primary N) is 1. The number of thiazole rings is 1. The van der Waals surface area contributed by atoms with Crippen LogP contribution in [-0.4, -0.2) is 13.4 Å². The van der Waals surface area contributed by atoms with E-state index in [1.807, 2.05) is 6.92 Å². The van der Waals surface area contributed by atoms with Crippen LogP contribution in [0.5, 0.6) is 0 Å². The molecule has 0 amide bonds. The van der Waals surface area contributed by atoms with E-state index in [9.17, 15) is 8.42 Å². The Bertz CT molecular complexity index is 357. The zero-order chi connectivity index (χ0) is 9.19. The Labute approximate surface area is 74.8 Å². The lowest BCUT2D eigenvalue weighted by molar-refractivity contribution is 0.582. The number of hydrogen-bond donors (Lipinski definition) is 2. The second-order valence-electron chi connectivity index (χ2n) is 2.22. The third-order valence-electron chi connectivity index (χ3n) is 1.12. The fourth-order valence-corrected chi connectivity index (χ4v) is 1.63. The molecule has 0 saturated carbocycles. The summed E-state index contributed by atoms with van der Waals surface area (Å²) in [5.41, 5.74) is 0.687. The van der Waals surface area contributed by atoms with E-state index in [0.717, 1.165) is 5.01 Å². The van der Waals surface area contributed by atoms with Crippen molar-refractivity contribution in [3.8, 4) is 0 Å². The van der Waals surface area contributed by atoms with Crippen LogP contribution in [0.3, 0.4) is 0 Å². The van der Waals surface area contributed by atoms with Crippen molar-refractivity contribution >= 4 is 21.5 Å². The van der Waals surface area contributed by atoms with Gasteiger partial charge >= 0.3 is 0 Å². The average molecular weight is 207 g/mol. The van der Waals surface area contributed by atoms with Crippen molar-refractivity contribution in [2.45, 2.75) is 13.5 Å². The van der Waals surface area contributed by atoms with Crippen LogP contribution in [0, 0.1) is 6.92 Å². The molecule has 0 spiro atoms. The summed E-state index contributed by atoms with van der Waals surface area (Å²) < 4.78 is 23.1. The van der Waals surface area contributed by atoms with Gasteiger partial charge in [-0.3, -0.25) is 0 Å². The Morgan fingerprint density at radius 2 is 2.42 bits per heavy atom. The average Bonchev–Trinajstić information content (AvgIpc) is 2.30. The zero-order valence-electron chi connectivity index (χ0n) is 6.44. The van der Waals surface area contributed by atoms with Crippen molar-refractivity contribution in [3.05, 3.63) is 16.1 Å². The van der Waals surface area contributed by atoms with Crippen LogP contribution in [0.15, 0.2) is 5.38 Å². The molecule has 68 valence electrons. The van der Waals surface area contributed by atoms with Crippen LogP contribution in [0.25, 0.3) is 0 Å². The van der Waals surface area contributed by atoms with Crippen molar-refractivity contribution in [2.24, 2.45) is 5.14 Å². The molecular weight excluding hydrogens is 198 g/mol. The van der Waals surface area contributed by atoms with Gasteiger partial charge in [0, 0.05) is 5.38 Å². The van der Waals surface area contributed by atoms with E-state index in [-0.39, 0.29) is 6.54 Å². The predicted molar refractivity (Wildman–Crippen MR) is 46.8 cm³/mol. The Kier molecular flexibility index (Phi) is 2.78. The fraction of sp³-hybridized carbons (Fsp3) is 0.400. The van der Waals surface area contributed by atoms with Crippen molar-refractivity contribution < 1.29 is 8.42 Å². The molecule has 0 bridgehead atoms. The van der Waals surface area contributed by atoms with Crippen LogP contribution < -0.4 is 9.86 Å². The second-order valence-corrected chi connectivity index (χ2v) is 4.66. The summed E-state index contributed by atoms with van der Waals surface area (Å²) in [7, 11) is -3.60. The van der Waals surface area contributed by atoms with Gasteiger partial charge in [-0.15, -0.1) is 11.3 Å². The highest BCUT2D eigenvalue weighted by atomic mass is 32.2. The van der Waals surface area contributed by atoms with E-state index in [0.29, 0.717) is 5.69 Å². The van der Waals surface area contributed by atoms with Crippen molar-refractivity contribution in [1.29, 1.82) is 0 Å². The molecule has 12 heavy (non-hydrogen) atoms. The highest BCUT2D eigenvalue weighted by molar-refractivity contribution is 7.87. The smallest absolute Gasteiger partial charge is 0.245 e. The normalized spacial score (nSPS) is 11.8. The van der Waals surface area contributed by atoms with Crippen molar-refractivity contribution in [3.63, 3.8) is 0 Å². The Balaban J connectivity index is 2.55. The molecule has 1 aromatic heterocycles. The molecule has 0 saturated heterocycles. The highest BCUT2D eigenvalue weighted by Gasteiger charge is 2.02. The van der Waals surface area contributed by atoms with E-state index in [1.165, 1.54) is 11.3 Å². The molecule has 1 aromatic rings. The van der Waals surface area contributed by atoms with E-state index in [2.05, 4.69) is 9.71 Å². The Morgan fingerprint density at radius 3 is 2.83 bits per heavy atom. The van der Waals surface area contributed by atoms with Crippen molar-refractivity contribution in [2.75, 3.05) is 0 Å². The van der Waals surface area contributed by atoms with E-state index < -0.39 is 10.2 Å². The van der Waals surface area contributed by atoms with Crippen LogP contribution in [0.4, 0.5) is 0 Å². The van der Waals surface area contributed by atoms with Crippen LogP contribution in [0.2, 0.25) is 0 Å². The van der Waals surface area contributed by atoms with Gasteiger partial charge in [-0.1, -0.05) is 0 Å². The maximum atomic E-state index is 10.5. The quantitative estimate of drug-likeness (QED) is 0.716. The molecule has 7 heteroatoms. The van der Waals surface area contributed by atoms with Gasteiger partial charge < -0.3 is 0 Å². The lowest BCUT2D eigenvalue weighted by atomic mass is 10.5. The Hall–Kier alpha value is -0.500. The molecule has 0 fully saturated rings. The molecule has 1 heterocycles. The summed E-state index contributed by atoms with van der Waals surface area (Å²) in [5.74, 6) is 0. The molecule has 0 aromatic carbocycles. The summed E-state index contributed by atoms with van der Waals surface area (Å²) in [5, 5.41) is 7.42. The molecule has 5 nitrogen and oxygen atoms in total. The van der Waals surface area contributed by atoms with Gasteiger partial charge in [0.15, 0.2) is 0 Å². The van der Waals surface area contributed by atoms with Gasteiger partial charge in [-0.2, -0.15) is 13.1 Å². The number of nitrogens with one attached hydrogen (secondary N) is 1. The number of aryl methyl sites for hydroxylation is 1. The SMILES string of the molecule is Cc1nc(CNS(N)(=O)=O)cs1. The van der Waals surface area contributed by atoms with E-state index in [1.54, 1.807) is 5.38 Å². The molecule has 0 unspecified atom stereocenters. The lowest BCUT2D eigenvalue weighted by Gasteiger charge is -1.96. The second kappa shape index (κ2) is 3.48. The van der Waals surface area contributed by atoms with E-state index >= 15 is 0 Å². The minimum absolute atomic E-state index is 0.156.